The topological polar surface area (TPSA) is 81.2 Å². The van der Waals surface area contributed by atoms with Gasteiger partial charge in [-0.05, 0) is 55.7 Å². The molecule has 6 nitrogen and oxygen atoms in total. The van der Waals surface area contributed by atoms with Gasteiger partial charge in [-0.3, -0.25) is 14.3 Å². The molecule has 0 unspecified atom stereocenters. The van der Waals surface area contributed by atoms with Crippen molar-refractivity contribution in [3.05, 3.63) is 65.3 Å². The lowest BCUT2D eigenvalue weighted by Gasteiger charge is -2.41. The van der Waals surface area contributed by atoms with E-state index in [1.807, 2.05) is 37.4 Å². The quantitative estimate of drug-likeness (QED) is 0.630. The Labute approximate surface area is 186 Å². The summed E-state index contributed by atoms with van der Waals surface area (Å²) in [5.41, 5.74) is 7.95. The normalized spacial score (nSPS) is 19.0. The number of likely N-dealkylation sites (tertiary alicyclic amines) is 1. The molecule has 0 spiro atoms. The lowest BCUT2D eigenvalue weighted by molar-refractivity contribution is -0.130. The summed E-state index contributed by atoms with van der Waals surface area (Å²) in [7, 11) is 0. The lowest BCUT2D eigenvalue weighted by atomic mass is 9.73. The molecule has 31 heavy (non-hydrogen) atoms. The SMILES string of the molecule is CC(C)n1cc(C(=O)N2CCC[C@](Cc3ccccc3-c3cccs3)(C(N)=O)C2)cn1. The van der Waals surface area contributed by atoms with E-state index >= 15 is 0 Å². The monoisotopic (exact) mass is 436 g/mol. The van der Waals surface area contributed by atoms with Crippen LogP contribution in [0.3, 0.4) is 0 Å². The Balaban J connectivity index is 1.61. The molecular formula is C24H28N4O2S. The van der Waals surface area contributed by atoms with Gasteiger partial charge in [0.15, 0.2) is 0 Å². The lowest BCUT2D eigenvalue weighted by Crippen LogP contribution is -2.53. The van der Waals surface area contributed by atoms with Gasteiger partial charge in [0.05, 0.1) is 17.2 Å². The standard InChI is InChI=1S/C24H28N4O2S/c1-17(2)28-15-19(14-26-28)22(29)27-11-6-10-24(16-27,23(25)30)13-18-7-3-4-8-20(18)21-9-5-12-31-21/h3-5,7-9,12,14-15,17H,6,10-11,13,16H2,1-2H3,(H2,25,30)/t24-/m1/s1. The first-order chi connectivity index (χ1) is 14.9. The Bertz CT molecular complexity index is 1070. The Morgan fingerprint density at radius 2 is 2.03 bits per heavy atom. The number of nitrogens with zero attached hydrogens (tertiary/aromatic N) is 3. The molecule has 0 radical (unpaired) electrons. The minimum atomic E-state index is -0.782. The van der Waals surface area contributed by atoms with Crippen LogP contribution in [0.15, 0.2) is 54.2 Å². The van der Waals surface area contributed by atoms with Gasteiger partial charge >= 0.3 is 0 Å². The van der Waals surface area contributed by atoms with Gasteiger partial charge in [0.2, 0.25) is 5.91 Å². The third kappa shape index (κ3) is 4.28. The summed E-state index contributed by atoms with van der Waals surface area (Å²) in [6, 6.07) is 12.4. The number of primary amides is 1. The number of piperidine rings is 1. The average molecular weight is 437 g/mol. The Morgan fingerprint density at radius 1 is 1.23 bits per heavy atom. The molecule has 1 aromatic carbocycles. The van der Waals surface area contributed by atoms with Crippen LogP contribution in [-0.4, -0.2) is 39.6 Å². The zero-order valence-electron chi connectivity index (χ0n) is 18.0. The zero-order chi connectivity index (χ0) is 22.0. The van der Waals surface area contributed by atoms with E-state index < -0.39 is 5.41 Å². The van der Waals surface area contributed by atoms with Crippen molar-refractivity contribution in [2.45, 2.75) is 39.2 Å². The first-order valence-corrected chi connectivity index (χ1v) is 11.5. The molecule has 0 bridgehead atoms. The van der Waals surface area contributed by atoms with Crippen LogP contribution in [-0.2, 0) is 11.2 Å². The van der Waals surface area contributed by atoms with Gasteiger partial charge in [0.1, 0.15) is 0 Å². The van der Waals surface area contributed by atoms with Crippen molar-refractivity contribution in [1.82, 2.24) is 14.7 Å². The van der Waals surface area contributed by atoms with Crippen LogP contribution in [0.25, 0.3) is 10.4 Å². The number of benzene rings is 1. The molecule has 0 saturated carbocycles. The van der Waals surface area contributed by atoms with Crippen LogP contribution in [0, 0.1) is 5.41 Å². The Hall–Kier alpha value is -2.93. The maximum Gasteiger partial charge on any atom is 0.257 e. The number of hydrogen-bond acceptors (Lipinski definition) is 4. The minimum Gasteiger partial charge on any atom is -0.369 e. The van der Waals surface area contributed by atoms with Crippen LogP contribution in [0.4, 0.5) is 0 Å². The highest BCUT2D eigenvalue weighted by Gasteiger charge is 2.43. The number of carbonyl (C=O) groups is 2. The molecule has 2 amide bonds. The molecule has 4 rings (SSSR count). The fraction of sp³-hybridized carbons (Fsp3) is 0.375. The molecular weight excluding hydrogens is 408 g/mol. The highest BCUT2D eigenvalue weighted by Crippen LogP contribution is 2.38. The van der Waals surface area contributed by atoms with Crippen LogP contribution in [0.1, 0.15) is 48.7 Å². The third-order valence-electron chi connectivity index (χ3n) is 6.10. The summed E-state index contributed by atoms with van der Waals surface area (Å²) in [4.78, 5) is 28.9. The molecule has 3 aromatic rings. The first kappa shape index (κ1) is 21.3. The first-order valence-electron chi connectivity index (χ1n) is 10.6. The van der Waals surface area contributed by atoms with Gasteiger partial charge < -0.3 is 10.6 Å². The second-order valence-electron chi connectivity index (χ2n) is 8.59. The molecule has 1 aliphatic rings. The predicted octanol–water partition coefficient (Wildman–Crippen LogP) is 4.14. The van der Waals surface area contributed by atoms with Crippen LogP contribution in [0.2, 0.25) is 0 Å². The summed E-state index contributed by atoms with van der Waals surface area (Å²) in [6.45, 7) is 4.98. The molecule has 3 heterocycles. The van der Waals surface area contributed by atoms with Crippen molar-refractivity contribution in [3.8, 4) is 10.4 Å². The molecule has 1 saturated heterocycles. The fourth-order valence-corrected chi connectivity index (χ4v) is 5.15. The van der Waals surface area contributed by atoms with E-state index in [1.54, 1.807) is 33.3 Å². The Kier molecular flexibility index (Phi) is 5.96. The minimum absolute atomic E-state index is 0.0937. The van der Waals surface area contributed by atoms with E-state index in [2.05, 4.69) is 23.3 Å². The average Bonchev–Trinajstić information content (AvgIpc) is 3.46. The molecule has 0 aliphatic carbocycles. The van der Waals surface area contributed by atoms with Gasteiger partial charge in [-0.2, -0.15) is 5.10 Å². The highest BCUT2D eigenvalue weighted by atomic mass is 32.1. The molecule has 162 valence electrons. The maximum atomic E-state index is 13.2. The summed E-state index contributed by atoms with van der Waals surface area (Å²) in [5, 5.41) is 6.34. The maximum absolute atomic E-state index is 13.2. The van der Waals surface area contributed by atoms with E-state index in [1.165, 1.54) is 4.88 Å². The van der Waals surface area contributed by atoms with Gasteiger partial charge in [0.25, 0.3) is 5.91 Å². The van der Waals surface area contributed by atoms with Crippen molar-refractivity contribution in [2.75, 3.05) is 13.1 Å². The highest BCUT2D eigenvalue weighted by molar-refractivity contribution is 7.13. The molecule has 7 heteroatoms. The number of hydrogen-bond donors (Lipinski definition) is 1. The second kappa shape index (κ2) is 8.67. The van der Waals surface area contributed by atoms with Crippen LogP contribution < -0.4 is 5.73 Å². The zero-order valence-corrected chi connectivity index (χ0v) is 18.8. The summed E-state index contributed by atoms with van der Waals surface area (Å²) >= 11 is 1.68. The van der Waals surface area contributed by atoms with Crippen LogP contribution in [0.5, 0.6) is 0 Å². The molecule has 2 aromatic heterocycles. The summed E-state index contributed by atoms with van der Waals surface area (Å²) < 4.78 is 1.77. The predicted molar refractivity (Wildman–Crippen MR) is 123 cm³/mol. The number of amides is 2. The van der Waals surface area contributed by atoms with Crippen molar-refractivity contribution in [2.24, 2.45) is 11.1 Å². The van der Waals surface area contributed by atoms with E-state index in [4.69, 9.17) is 5.73 Å². The van der Waals surface area contributed by atoms with Crippen molar-refractivity contribution < 1.29 is 9.59 Å². The smallest absolute Gasteiger partial charge is 0.257 e. The molecule has 2 N–H and O–H groups in total. The summed E-state index contributed by atoms with van der Waals surface area (Å²) in [5.74, 6) is -0.437. The number of carbonyl (C=O) groups excluding carboxylic acids is 2. The van der Waals surface area contributed by atoms with Gasteiger partial charge in [-0.25, -0.2) is 0 Å². The fourth-order valence-electron chi connectivity index (χ4n) is 4.36. The molecule has 1 atom stereocenters. The largest absolute Gasteiger partial charge is 0.369 e. The van der Waals surface area contributed by atoms with E-state index in [9.17, 15) is 9.59 Å². The van der Waals surface area contributed by atoms with Crippen molar-refractivity contribution in [3.63, 3.8) is 0 Å². The number of thiophene rings is 1. The molecule has 1 fully saturated rings. The van der Waals surface area contributed by atoms with E-state index in [-0.39, 0.29) is 17.9 Å². The summed E-state index contributed by atoms with van der Waals surface area (Å²) in [6.07, 6.45) is 5.32. The Morgan fingerprint density at radius 3 is 2.71 bits per heavy atom. The van der Waals surface area contributed by atoms with Crippen LogP contribution >= 0.6 is 11.3 Å². The number of rotatable bonds is 6. The van der Waals surface area contributed by atoms with E-state index in [0.29, 0.717) is 31.5 Å². The second-order valence-corrected chi connectivity index (χ2v) is 9.54. The van der Waals surface area contributed by atoms with Crippen molar-refractivity contribution in [1.29, 1.82) is 0 Å². The van der Waals surface area contributed by atoms with E-state index in [0.717, 1.165) is 17.5 Å². The third-order valence-corrected chi connectivity index (χ3v) is 7.00. The van der Waals surface area contributed by atoms with Gasteiger partial charge in [0, 0.05) is 30.2 Å². The molecule has 1 aliphatic heterocycles. The van der Waals surface area contributed by atoms with Crippen molar-refractivity contribution >= 4 is 23.2 Å². The van der Waals surface area contributed by atoms with Gasteiger partial charge in [-0.1, -0.05) is 30.3 Å². The number of nitrogens with two attached hydrogens (primary N) is 1. The number of aromatic nitrogens is 2. The van der Waals surface area contributed by atoms with Gasteiger partial charge in [-0.15, -0.1) is 11.3 Å².